The number of nitrogens with one attached hydrogen (secondary N) is 3. The minimum Gasteiger partial charge on any atom is -0.391 e. The van der Waals surface area contributed by atoms with Crippen molar-refractivity contribution in [2.24, 2.45) is 11.3 Å². The van der Waals surface area contributed by atoms with Gasteiger partial charge in [-0.3, -0.25) is 9.59 Å². The highest BCUT2D eigenvalue weighted by atomic mass is 35.5. The van der Waals surface area contributed by atoms with E-state index >= 15 is 0 Å². The Morgan fingerprint density at radius 2 is 2.00 bits per heavy atom. The number of aliphatic hydroxyl groups is 1. The summed E-state index contributed by atoms with van der Waals surface area (Å²) >= 11 is 0. The summed E-state index contributed by atoms with van der Waals surface area (Å²) in [5.74, 6) is -1.55. The van der Waals surface area contributed by atoms with Gasteiger partial charge in [-0.2, -0.15) is 0 Å². The van der Waals surface area contributed by atoms with E-state index in [0.717, 1.165) is 6.07 Å². The Labute approximate surface area is 153 Å². The number of carbonyl (C=O) groups is 2. The Balaban J connectivity index is 0.00000312. The third-order valence-corrected chi connectivity index (χ3v) is 3.98. The molecule has 140 valence electrons. The maximum Gasteiger partial charge on any atom is 0.254 e. The van der Waals surface area contributed by atoms with Gasteiger partial charge in [0.2, 0.25) is 5.91 Å². The lowest BCUT2D eigenvalue weighted by molar-refractivity contribution is -0.123. The van der Waals surface area contributed by atoms with Crippen molar-refractivity contribution in [1.29, 1.82) is 0 Å². The molecule has 1 aliphatic heterocycles. The zero-order chi connectivity index (χ0) is 17.9. The van der Waals surface area contributed by atoms with Crippen LogP contribution in [0.1, 0.15) is 31.1 Å². The van der Waals surface area contributed by atoms with Crippen LogP contribution in [0.5, 0.6) is 0 Å². The second-order valence-corrected chi connectivity index (χ2v) is 7.09. The number of β-amino-alcohol motifs (C(OH)–C–C–N with tert-alkyl or cyclic N) is 1. The van der Waals surface area contributed by atoms with Crippen molar-refractivity contribution in [2.45, 2.75) is 26.9 Å². The molecular formula is C17H25ClFN3O3. The molecule has 2 unspecified atom stereocenters. The summed E-state index contributed by atoms with van der Waals surface area (Å²) in [4.78, 5) is 24.2. The van der Waals surface area contributed by atoms with Crippen molar-refractivity contribution in [2.75, 3.05) is 25.0 Å². The summed E-state index contributed by atoms with van der Waals surface area (Å²) in [5.41, 5.74) is -0.367. The van der Waals surface area contributed by atoms with E-state index in [1.807, 2.05) is 0 Å². The molecule has 1 heterocycles. The number of carbonyl (C=O) groups excluding carboxylic acids is 2. The topological polar surface area (TPSA) is 90.5 Å². The van der Waals surface area contributed by atoms with Crippen LogP contribution in [0.2, 0.25) is 0 Å². The summed E-state index contributed by atoms with van der Waals surface area (Å²) in [5, 5.41) is 18.0. The van der Waals surface area contributed by atoms with Gasteiger partial charge in [0, 0.05) is 36.7 Å². The van der Waals surface area contributed by atoms with Gasteiger partial charge in [-0.25, -0.2) is 4.39 Å². The van der Waals surface area contributed by atoms with Crippen LogP contribution in [0.4, 0.5) is 10.1 Å². The van der Waals surface area contributed by atoms with Gasteiger partial charge < -0.3 is 21.1 Å². The summed E-state index contributed by atoms with van der Waals surface area (Å²) < 4.78 is 13.9. The summed E-state index contributed by atoms with van der Waals surface area (Å²) in [6.45, 7) is 6.64. The number of halogens is 2. The number of amides is 2. The van der Waals surface area contributed by atoms with Crippen LogP contribution in [0.25, 0.3) is 0 Å². The summed E-state index contributed by atoms with van der Waals surface area (Å²) in [7, 11) is 0. The van der Waals surface area contributed by atoms with Crippen molar-refractivity contribution in [3.05, 3.63) is 29.6 Å². The van der Waals surface area contributed by atoms with Crippen molar-refractivity contribution in [3.8, 4) is 0 Å². The highest BCUT2D eigenvalue weighted by molar-refractivity contribution is 5.98. The van der Waals surface area contributed by atoms with Gasteiger partial charge in [0.1, 0.15) is 5.82 Å². The largest absolute Gasteiger partial charge is 0.391 e. The molecule has 8 heteroatoms. The Kier molecular flexibility index (Phi) is 7.34. The Bertz CT molecular complexity index is 634. The molecule has 0 radical (unpaired) electrons. The lowest BCUT2D eigenvalue weighted by Gasteiger charge is -2.18. The van der Waals surface area contributed by atoms with Gasteiger partial charge in [-0.05, 0) is 18.2 Å². The molecule has 1 saturated heterocycles. The van der Waals surface area contributed by atoms with Crippen LogP contribution in [-0.2, 0) is 4.79 Å². The van der Waals surface area contributed by atoms with Crippen LogP contribution in [0.15, 0.2) is 18.2 Å². The first kappa shape index (κ1) is 21.3. The standard InChI is InChI=1S/C17H24FN3O3.ClH/c1-17(2,3)16(24)21-11-4-5-13(18)12(6-11)15(23)20-8-10-7-19-9-14(10)22;/h4-6,10,14,19,22H,7-9H2,1-3H3,(H,20,23)(H,21,24);1H. The van der Waals surface area contributed by atoms with Crippen molar-refractivity contribution >= 4 is 29.9 Å². The lowest BCUT2D eigenvalue weighted by atomic mass is 9.95. The molecule has 0 aromatic heterocycles. The maximum absolute atomic E-state index is 13.9. The first-order chi connectivity index (χ1) is 11.2. The van der Waals surface area contributed by atoms with E-state index < -0.39 is 23.2 Å². The Hall–Kier alpha value is -1.70. The van der Waals surface area contributed by atoms with Crippen LogP contribution in [0, 0.1) is 17.2 Å². The van der Waals surface area contributed by atoms with E-state index in [0.29, 0.717) is 18.8 Å². The lowest BCUT2D eigenvalue weighted by Crippen LogP contribution is -2.34. The van der Waals surface area contributed by atoms with Gasteiger partial charge in [-0.15, -0.1) is 12.4 Å². The monoisotopic (exact) mass is 373 g/mol. The molecule has 0 saturated carbocycles. The number of benzene rings is 1. The fraction of sp³-hybridized carbons (Fsp3) is 0.529. The van der Waals surface area contributed by atoms with E-state index in [1.54, 1.807) is 20.8 Å². The van der Waals surface area contributed by atoms with E-state index in [4.69, 9.17) is 0 Å². The van der Waals surface area contributed by atoms with Crippen molar-refractivity contribution in [3.63, 3.8) is 0 Å². The highest BCUT2D eigenvalue weighted by Crippen LogP contribution is 2.20. The van der Waals surface area contributed by atoms with E-state index in [1.165, 1.54) is 12.1 Å². The van der Waals surface area contributed by atoms with Gasteiger partial charge in [-0.1, -0.05) is 20.8 Å². The highest BCUT2D eigenvalue weighted by Gasteiger charge is 2.26. The first-order valence-electron chi connectivity index (χ1n) is 7.96. The first-order valence-corrected chi connectivity index (χ1v) is 7.96. The summed E-state index contributed by atoms with van der Waals surface area (Å²) in [6, 6.07) is 3.89. The van der Waals surface area contributed by atoms with Gasteiger partial charge in [0.15, 0.2) is 0 Å². The van der Waals surface area contributed by atoms with Gasteiger partial charge in [0.05, 0.1) is 11.7 Å². The average Bonchev–Trinajstić information content (AvgIpc) is 2.91. The minimum absolute atomic E-state index is 0. The fourth-order valence-corrected chi connectivity index (χ4v) is 2.34. The molecule has 1 aromatic rings. The predicted octanol–water partition coefficient (Wildman–Crippen LogP) is 1.54. The molecule has 4 N–H and O–H groups in total. The third kappa shape index (κ3) is 5.66. The van der Waals surface area contributed by atoms with Crippen molar-refractivity contribution < 1.29 is 19.1 Å². The molecule has 6 nitrogen and oxygen atoms in total. The Morgan fingerprint density at radius 3 is 2.56 bits per heavy atom. The zero-order valence-corrected chi connectivity index (χ0v) is 15.4. The summed E-state index contributed by atoms with van der Waals surface area (Å²) in [6.07, 6.45) is -0.521. The van der Waals surface area contributed by atoms with Crippen LogP contribution in [-0.4, -0.2) is 42.7 Å². The van der Waals surface area contributed by atoms with E-state index in [-0.39, 0.29) is 36.3 Å². The number of rotatable bonds is 4. The second kappa shape index (κ2) is 8.60. The van der Waals surface area contributed by atoms with Crippen LogP contribution in [0.3, 0.4) is 0 Å². The van der Waals surface area contributed by atoms with E-state index in [9.17, 15) is 19.1 Å². The van der Waals surface area contributed by atoms with Crippen LogP contribution >= 0.6 is 12.4 Å². The minimum atomic E-state index is -0.661. The smallest absolute Gasteiger partial charge is 0.254 e. The zero-order valence-electron chi connectivity index (χ0n) is 14.6. The molecule has 2 rings (SSSR count). The molecule has 2 amide bonds. The molecule has 0 bridgehead atoms. The normalized spacial score (nSPS) is 19.9. The van der Waals surface area contributed by atoms with Crippen LogP contribution < -0.4 is 16.0 Å². The number of hydrogen-bond donors (Lipinski definition) is 4. The molecule has 1 aliphatic rings. The maximum atomic E-state index is 13.9. The molecule has 25 heavy (non-hydrogen) atoms. The number of anilines is 1. The van der Waals surface area contributed by atoms with E-state index in [2.05, 4.69) is 16.0 Å². The van der Waals surface area contributed by atoms with Crippen molar-refractivity contribution in [1.82, 2.24) is 10.6 Å². The fourth-order valence-electron chi connectivity index (χ4n) is 2.34. The molecule has 1 fully saturated rings. The second-order valence-electron chi connectivity index (χ2n) is 7.09. The van der Waals surface area contributed by atoms with Gasteiger partial charge in [0.25, 0.3) is 5.91 Å². The molecule has 0 aliphatic carbocycles. The molecular weight excluding hydrogens is 349 g/mol. The molecule has 2 atom stereocenters. The SMILES string of the molecule is CC(C)(C)C(=O)Nc1ccc(F)c(C(=O)NCC2CNCC2O)c1.Cl. The molecule has 0 spiro atoms. The average molecular weight is 374 g/mol. The molecule has 1 aromatic carbocycles. The van der Waals surface area contributed by atoms with Gasteiger partial charge >= 0.3 is 0 Å². The Morgan fingerprint density at radius 1 is 1.32 bits per heavy atom. The predicted molar refractivity (Wildman–Crippen MR) is 96.4 cm³/mol. The quantitative estimate of drug-likeness (QED) is 0.644. The third-order valence-electron chi connectivity index (χ3n) is 3.98. The number of aliphatic hydroxyl groups excluding tert-OH is 1. The number of hydrogen-bond acceptors (Lipinski definition) is 4.